The SMILES string of the molecule is O=C(c1ncccc1O)N1CC(O)CC1c1ccc(C(F)(F)F)cc1. The molecule has 25 heavy (non-hydrogen) atoms. The van der Waals surface area contributed by atoms with Gasteiger partial charge < -0.3 is 15.1 Å². The van der Waals surface area contributed by atoms with Crippen LogP contribution in [-0.2, 0) is 6.18 Å². The largest absolute Gasteiger partial charge is 0.505 e. The minimum atomic E-state index is -4.44. The van der Waals surface area contributed by atoms with E-state index in [4.69, 9.17) is 0 Å². The van der Waals surface area contributed by atoms with Gasteiger partial charge in [0, 0.05) is 12.7 Å². The third-order valence-corrected chi connectivity index (χ3v) is 4.15. The minimum absolute atomic E-state index is 0.0144. The lowest BCUT2D eigenvalue weighted by Crippen LogP contribution is -2.32. The number of hydrogen-bond donors (Lipinski definition) is 2. The van der Waals surface area contributed by atoms with Crippen LogP contribution in [0, 0.1) is 0 Å². The zero-order chi connectivity index (χ0) is 18.2. The van der Waals surface area contributed by atoms with Gasteiger partial charge in [-0.05, 0) is 36.2 Å². The Morgan fingerprint density at radius 1 is 1.20 bits per heavy atom. The Morgan fingerprint density at radius 3 is 2.48 bits per heavy atom. The molecule has 2 heterocycles. The number of carbonyl (C=O) groups excluding carboxylic acids is 1. The monoisotopic (exact) mass is 352 g/mol. The number of halogens is 3. The van der Waals surface area contributed by atoms with Gasteiger partial charge in [0.05, 0.1) is 17.7 Å². The van der Waals surface area contributed by atoms with Gasteiger partial charge in [-0.25, -0.2) is 4.98 Å². The number of β-amino-alcohol motifs (C(OH)–C–C–N with tert-alkyl or cyclic N) is 1. The van der Waals surface area contributed by atoms with Gasteiger partial charge in [-0.15, -0.1) is 0 Å². The standard InChI is InChI=1S/C17H15F3N2O3/c18-17(19,20)11-5-3-10(4-6-11)13-8-12(23)9-22(13)16(25)15-14(24)2-1-7-21-15/h1-7,12-13,23-24H,8-9H2. The number of aliphatic hydroxyl groups is 1. The summed E-state index contributed by atoms with van der Waals surface area (Å²) in [7, 11) is 0. The second-order valence-electron chi connectivity index (χ2n) is 5.85. The number of hydrogen-bond acceptors (Lipinski definition) is 4. The Labute approximate surface area is 141 Å². The molecule has 0 radical (unpaired) electrons. The molecule has 1 aromatic heterocycles. The molecule has 5 nitrogen and oxygen atoms in total. The highest BCUT2D eigenvalue weighted by Gasteiger charge is 2.37. The van der Waals surface area contributed by atoms with E-state index in [1.807, 2.05) is 0 Å². The Bertz CT molecular complexity index is 777. The van der Waals surface area contributed by atoms with Crippen molar-refractivity contribution in [2.24, 2.45) is 0 Å². The van der Waals surface area contributed by atoms with Crippen LogP contribution in [0.25, 0.3) is 0 Å². The van der Waals surface area contributed by atoms with Crippen LogP contribution in [-0.4, -0.2) is 38.7 Å². The number of rotatable bonds is 2. The van der Waals surface area contributed by atoms with E-state index in [0.29, 0.717) is 5.56 Å². The fraction of sp³-hybridized carbons (Fsp3) is 0.294. The van der Waals surface area contributed by atoms with E-state index >= 15 is 0 Å². The number of likely N-dealkylation sites (tertiary alicyclic amines) is 1. The number of amides is 1. The molecule has 2 aromatic rings. The van der Waals surface area contributed by atoms with E-state index in [2.05, 4.69) is 4.98 Å². The summed E-state index contributed by atoms with van der Waals surface area (Å²) < 4.78 is 38.1. The topological polar surface area (TPSA) is 73.7 Å². The summed E-state index contributed by atoms with van der Waals surface area (Å²) in [5.41, 5.74) is -0.461. The van der Waals surface area contributed by atoms with Gasteiger partial charge in [0.25, 0.3) is 5.91 Å². The van der Waals surface area contributed by atoms with Crippen LogP contribution in [0.3, 0.4) is 0 Å². The van der Waals surface area contributed by atoms with Gasteiger partial charge in [-0.3, -0.25) is 4.79 Å². The molecule has 1 fully saturated rings. The number of aromatic nitrogens is 1. The molecule has 2 atom stereocenters. The van der Waals surface area contributed by atoms with Gasteiger partial charge in [-0.2, -0.15) is 13.2 Å². The number of pyridine rings is 1. The maximum atomic E-state index is 12.7. The molecular weight excluding hydrogens is 337 g/mol. The molecule has 0 aliphatic carbocycles. The van der Waals surface area contributed by atoms with Crippen molar-refractivity contribution >= 4 is 5.91 Å². The maximum Gasteiger partial charge on any atom is 0.416 e. The first-order valence-corrected chi connectivity index (χ1v) is 7.57. The molecule has 1 amide bonds. The van der Waals surface area contributed by atoms with E-state index in [1.54, 1.807) is 0 Å². The Hall–Kier alpha value is -2.61. The summed E-state index contributed by atoms with van der Waals surface area (Å²) >= 11 is 0. The molecular formula is C17H15F3N2O3. The average Bonchev–Trinajstić information content (AvgIpc) is 2.96. The lowest BCUT2D eigenvalue weighted by Gasteiger charge is -2.25. The predicted molar refractivity (Wildman–Crippen MR) is 81.7 cm³/mol. The second-order valence-corrected chi connectivity index (χ2v) is 5.85. The molecule has 132 valence electrons. The fourth-order valence-corrected chi connectivity index (χ4v) is 2.95. The molecule has 1 aromatic carbocycles. The average molecular weight is 352 g/mol. The fourth-order valence-electron chi connectivity index (χ4n) is 2.95. The molecule has 1 aliphatic heterocycles. The summed E-state index contributed by atoms with van der Waals surface area (Å²) in [6, 6.07) is 6.68. The van der Waals surface area contributed by atoms with E-state index in [0.717, 1.165) is 12.1 Å². The lowest BCUT2D eigenvalue weighted by molar-refractivity contribution is -0.137. The first kappa shape index (κ1) is 17.2. The molecule has 2 unspecified atom stereocenters. The number of nitrogens with zero attached hydrogens (tertiary/aromatic N) is 2. The first-order valence-electron chi connectivity index (χ1n) is 7.57. The van der Waals surface area contributed by atoms with Gasteiger partial charge in [0.15, 0.2) is 5.69 Å². The lowest BCUT2D eigenvalue weighted by atomic mass is 10.0. The highest BCUT2D eigenvalue weighted by molar-refractivity contribution is 5.95. The highest BCUT2D eigenvalue weighted by Crippen LogP contribution is 2.36. The van der Waals surface area contributed by atoms with Gasteiger partial charge in [0.1, 0.15) is 5.75 Å². The normalized spacial score (nSPS) is 20.7. The summed E-state index contributed by atoms with van der Waals surface area (Å²) in [6.07, 6.45) is -3.69. The predicted octanol–water partition coefficient (Wildman–Crippen LogP) is 2.75. The highest BCUT2D eigenvalue weighted by atomic mass is 19.4. The molecule has 2 N–H and O–H groups in total. The zero-order valence-corrected chi connectivity index (χ0v) is 12.9. The van der Waals surface area contributed by atoms with Crippen LogP contribution < -0.4 is 0 Å². The van der Waals surface area contributed by atoms with E-state index in [9.17, 15) is 28.2 Å². The number of benzene rings is 1. The Morgan fingerprint density at radius 2 is 1.88 bits per heavy atom. The third kappa shape index (κ3) is 3.43. The van der Waals surface area contributed by atoms with Crippen molar-refractivity contribution in [2.75, 3.05) is 6.54 Å². The smallest absolute Gasteiger partial charge is 0.416 e. The molecule has 1 saturated heterocycles. The van der Waals surface area contributed by atoms with Crippen LogP contribution in [0.2, 0.25) is 0 Å². The Kier molecular flexibility index (Phi) is 4.38. The van der Waals surface area contributed by atoms with Crippen molar-refractivity contribution in [1.82, 2.24) is 9.88 Å². The van der Waals surface area contributed by atoms with E-state index < -0.39 is 29.8 Å². The number of aromatic hydroxyl groups is 1. The summed E-state index contributed by atoms with van der Waals surface area (Å²) in [5.74, 6) is -0.875. The molecule has 1 aliphatic rings. The van der Waals surface area contributed by atoms with Crippen molar-refractivity contribution in [1.29, 1.82) is 0 Å². The quantitative estimate of drug-likeness (QED) is 0.872. The van der Waals surface area contributed by atoms with Crippen LogP contribution in [0.1, 0.15) is 34.1 Å². The van der Waals surface area contributed by atoms with E-state index in [1.165, 1.54) is 35.4 Å². The van der Waals surface area contributed by atoms with Crippen molar-refractivity contribution in [3.63, 3.8) is 0 Å². The zero-order valence-electron chi connectivity index (χ0n) is 12.9. The minimum Gasteiger partial charge on any atom is -0.505 e. The Balaban J connectivity index is 1.90. The van der Waals surface area contributed by atoms with Gasteiger partial charge in [-0.1, -0.05) is 12.1 Å². The van der Waals surface area contributed by atoms with E-state index in [-0.39, 0.29) is 24.4 Å². The van der Waals surface area contributed by atoms with Crippen LogP contribution in [0.4, 0.5) is 13.2 Å². The van der Waals surface area contributed by atoms with Gasteiger partial charge in [0.2, 0.25) is 0 Å². The first-order chi connectivity index (χ1) is 11.8. The van der Waals surface area contributed by atoms with Crippen molar-refractivity contribution in [2.45, 2.75) is 24.7 Å². The molecule has 0 saturated carbocycles. The molecule has 8 heteroatoms. The van der Waals surface area contributed by atoms with Crippen LogP contribution in [0.5, 0.6) is 5.75 Å². The van der Waals surface area contributed by atoms with Crippen LogP contribution in [0.15, 0.2) is 42.6 Å². The second kappa shape index (κ2) is 6.36. The third-order valence-electron chi connectivity index (χ3n) is 4.15. The van der Waals surface area contributed by atoms with Crippen molar-refractivity contribution in [3.05, 3.63) is 59.4 Å². The maximum absolute atomic E-state index is 12.7. The van der Waals surface area contributed by atoms with Crippen molar-refractivity contribution in [3.8, 4) is 5.75 Å². The number of aliphatic hydroxyl groups excluding tert-OH is 1. The summed E-state index contributed by atoms with van der Waals surface area (Å²) in [5, 5.41) is 19.7. The van der Waals surface area contributed by atoms with Crippen LogP contribution >= 0.6 is 0 Å². The van der Waals surface area contributed by atoms with Crippen molar-refractivity contribution < 1.29 is 28.2 Å². The molecule has 0 spiro atoms. The number of alkyl halides is 3. The summed E-state index contributed by atoms with van der Waals surface area (Å²) in [6.45, 7) is 0.0144. The number of carbonyl (C=O) groups is 1. The molecule has 0 bridgehead atoms. The van der Waals surface area contributed by atoms with Gasteiger partial charge >= 0.3 is 6.18 Å². The molecule has 3 rings (SSSR count). The summed E-state index contributed by atoms with van der Waals surface area (Å²) in [4.78, 5) is 17.8.